The van der Waals surface area contributed by atoms with Gasteiger partial charge in [-0.25, -0.2) is 4.79 Å². The smallest absolute Gasteiger partial charge is 0.322 e. The third-order valence-corrected chi connectivity index (χ3v) is 6.39. The van der Waals surface area contributed by atoms with Crippen LogP contribution < -0.4 is 20.7 Å². The molecule has 4 amide bonds. The number of amides is 4. The molecule has 2 aromatic carbocycles. The lowest BCUT2D eigenvalue weighted by atomic mass is 9.85. The van der Waals surface area contributed by atoms with Crippen LogP contribution in [0.3, 0.4) is 0 Å². The SMILES string of the molecule is COc1ccccc1NC(=O)CC1C(=O)NC2CCCCC2N1C(=O)Nc1ccc(Cl)cc1. The minimum atomic E-state index is -0.925. The number of nitrogens with one attached hydrogen (secondary N) is 3. The Morgan fingerprint density at radius 1 is 1.09 bits per heavy atom. The molecule has 1 aliphatic carbocycles. The number of rotatable bonds is 5. The van der Waals surface area contributed by atoms with E-state index >= 15 is 0 Å². The van der Waals surface area contributed by atoms with Crippen LogP contribution in [0.15, 0.2) is 48.5 Å². The summed E-state index contributed by atoms with van der Waals surface area (Å²) < 4.78 is 5.28. The number of hydrogen-bond acceptors (Lipinski definition) is 4. The van der Waals surface area contributed by atoms with Crippen molar-refractivity contribution in [1.82, 2.24) is 10.2 Å². The Labute approximate surface area is 197 Å². The Kier molecular flexibility index (Phi) is 7.03. The Balaban J connectivity index is 1.55. The monoisotopic (exact) mass is 470 g/mol. The zero-order chi connectivity index (χ0) is 23.4. The number of carbonyl (C=O) groups is 3. The van der Waals surface area contributed by atoms with Gasteiger partial charge in [0.15, 0.2) is 0 Å². The van der Waals surface area contributed by atoms with E-state index in [-0.39, 0.29) is 30.3 Å². The van der Waals surface area contributed by atoms with Gasteiger partial charge >= 0.3 is 6.03 Å². The zero-order valence-electron chi connectivity index (χ0n) is 18.3. The molecule has 3 N–H and O–H groups in total. The number of urea groups is 1. The van der Waals surface area contributed by atoms with E-state index in [0.29, 0.717) is 22.1 Å². The first-order chi connectivity index (χ1) is 16.0. The molecule has 1 aliphatic heterocycles. The molecule has 2 aromatic rings. The Hall–Kier alpha value is -3.26. The number of benzene rings is 2. The molecule has 2 aliphatic rings. The lowest BCUT2D eigenvalue weighted by molar-refractivity contribution is -0.135. The van der Waals surface area contributed by atoms with Crippen LogP contribution in [-0.2, 0) is 9.59 Å². The second-order valence-electron chi connectivity index (χ2n) is 8.28. The first-order valence-corrected chi connectivity index (χ1v) is 11.4. The van der Waals surface area contributed by atoms with Gasteiger partial charge < -0.3 is 25.6 Å². The highest BCUT2D eigenvalue weighted by Crippen LogP contribution is 2.31. The fourth-order valence-electron chi connectivity index (χ4n) is 4.58. The maximum absolute atomic E-state index is 13.4. The maximum atomic E-state index is 13.4. The van der Waals surface area contributed by atoms with Gasteiger partial charge in [0.05, 0.1) is 25.3 Å². The van der Waals surface area contributed by atoms with Gasteiger partial charge in [0.1, 0.15) is 11.8 Å². The second-order valence-corrected chi connectivity index (χ2v) is 8.72. The summed E-state index contributed by atoms with van der Waals surface area (Å²) in [7, 11) is 1.52. The van der Waals surface area contributed by atoms with Crippen LogP contribution in [0.2, 0.25) is 5.02 Å². The van der Waals surface area contributed by atoms with Gasteiger partial charge in [-0.15, -0.1) is 0 Å². The van der Waals surface area contributed by atoms with Crippen molar-refractivity contribution in [2.45, 2.75) is 50.2 Å². The van der Waals surface area contributed by atoms with Crippen LogP contribution in [0.5, 0.6) is 5.75 Å². The van der Waals surface area contributed by atoms with Crippen molar-refractivity contribution in [3.8, 4) is 5.75 Å². The standard InChI is InChI=1S/C24H27ClN4O4/c1-33-21-9-5-3-7-18(21)27-22(30)14-20-23(31)28-17-6-2-4-8-19(17)29(20)24(32)26-16-12-10-15(25)11-13-16/h3,5,7,9-13,17,19-20H,2,4,6,8,14H2,1H3,(H,26,32)(H,27,30)(H,28,31). The highest BCUT2D eigenvalue weighted by atomic mass is 35.5. The highest BCUT2D eigenvalue weighted by molar-refractivity contribution is 6.30. The molecule has 33 heavy (non-hydrogen) atoms. The summed E-state index contributed by atoms with van der Waals surface area (Å²) in [4.78, 5) is 40.8. The number of anilines is 2. The average Bonchev–Trinajstić information content (AvgIpc) is 2.81. The van der Waals surface area contributed by atoms with Crippen molar-refractivity contribution >= 4 is 40.8 Å². The number of fused-ring (bicyclic) bond motifs is 1. The van der Waals surface area contributed by atoms with E-state index in [1.807, 2.05) is 0 Å². The number of piperazine rings is 1. The third-order valence-electron chi connectivity index (χ3n) is 6.14. The van der Waals surface area contributed by atoms with Crippen molar-refractivity contribution in [2.24, 2.45) is 0 Å². The number of methoxy groups -OCH3 is 1. The van der Waals surface area contributed by atoms with E-state index in [9.17, 15) is 14.4 Å². The Bertz CT molecular complexity index is 1030. The van der Waals surface area contributed by atoms with Crippen LogP contribution in [0, 0.1) is 0 Å². The molecule has 0 aromatic heterocycles. The first kappa shape index (κ1) is 22.9. The van der Waals surface area contributed by atoms with Crippen molar-refractivity contribution in [3.63, 3.8) is 0 Å². The van der Waals surface area contributed by atoms with Gasteiger partial charge in [0, 0.05) is 16.8 Å². The molecule has 0 spiro atoms. The number of hydrogen-bond donors (Lipinski definition) is 3. The van der Waals surface area contributed by atoms with E-state index in [4.69, 9.17) is 16.3 Å². The number of ether oxygens (including phenoxy) is 1. The molecule has 8 nitrogen and oxygen atoms in total. The largest absolute Gasteiger partial charge is 0.495 e. The van der Waals surface area contributed by atoms with E-state index in [2.05, 4.69) is 16.0 Å². The molecule has 9 heteroatoms. The molecule has 3 unspecified atom stereocenters. The highest BCUT2D eigenvalue weighted by Gasteiger charge is 2.46. The summed E-state index contributed by atoms with van der Waals surface area (Å²) in [6.45, 7) is 0. The fraction of sp³-hybridized carbons (Fsp3) is 0.375. The zero-order valence-corrected chi connectivity index (χ0v) is 19.1. The summed E-state index contributed by atoms with van der Waals surface area (Å²) in [6, 6.07) is 12.2. The van der Waals surface area contributed by atoms with E-state index in [1.165, 1.54) is 7.11 Å². The van der Waals surface area contributed by atoms with Gasteiger partial charge in [-0.1, -0.05) is 36.6 Å². The van der Waals surface area contributed by atoms with Crippen LogP contribution in [0.25, 0.3) is 0 Å². The van der Waals surface area contributed by atoms with Crippen molar-refractivity contribution in [3.05, 3.63) is 53.6 Å². The van der Waals surface area contributed by atoms with E-state index in [1.54, 1.807) is 53.4 Å². The lowest BCUT2D eigenvalue weighted by Gasteiger charge is -2.47. The second kappa shape index (κ2) is 10.1. The predicted octanol–water partition coefficient (Wildman–Crippen LogP) is 4.02. The van der Waals surface area contributed by atoms with Crippen LogP contribution >= 0.6 is 11.6 Å². The lowest BCUT2D eigenvalue weighted by Crippen LogP contribution is -2.68. The molecule has 0 radical (unpaired) electrons. The Morgan fingerprint density at radius 3 is 2.58 bits per heavy atom. The van der Waals surface area contributed by atoms with Gasteiger partial charge in [-0.05, 0) is 49.2 Å². The summed E-state index contributed by atoms with van der Waals surface area (Å²) in [5, 5.41) is 9.25. The van der Waals surface area contributed by atoms with Gasteiger partial charge in [-0.2, -0.15) is 0 Å². The molecule has 2 fully saturated rings. The molecule has 1 saturated heterocycles. The van der Waals surface area contributed by atoms with Crippen molar-refractivity contribution in [2.75, 3.05) is 17.7 Å². The average molecular weight is 471 g/mol. The number of para-hydroxylation sites is 2. The maximum Gasteiger partial charge on any atom is 0.322 e. The topological polar surface area (TPSA) is 99.8 Å². The van der Waals surface area contributed by atoms with E-state index in [0.717, 1.165) is 25.7 Å². The van der Waals surface area contributed by atoms with E-state index < -0.39 is 12.1 Å². The summed E-state index contributed by atoms with van der Waals surface area (Å²) in [5.74, 6) is -0.179. The van der Waals surface area contributed by atoms with Gasteiger partial charge in [-0.3, -0.25) is 9.59 Å². The van der Waals surface area contributed by atoms with Crippen LogP contribution in [0.1, 0.15) is 32.1 Å². The number of carbonyl (C=O) groups excluding carboxylic acids is 3. The van der Waals surface area contributed by atoms with Gasteiger partial charge in [0.25, 0.3) is 0 Å². The normalized spacial score (nSPS) is 22.1. The molecule has 1 saturated carbocycles. The van der Waals surface area contributed by atoms with Gasteiger partial charge in [0.2, 0.25) is 11.8 Å². The molecule has 1 heterocycles. The molecule has 4 rings (SSSR count). The van der Waals surface area contributed by atoms with Crippen molar-refractivity contribution < 1.29 is 19.1 Å². The number of nitrogens with zero attached hydrogens (tertiary/aromatic N) is 1. The Morgan fingerprint density at radius 2 is 1.82 bits per heavy atom. The minimum Gasteiger partial charge on any atom is -0.495 e. The first-order valence-electron chi connectivity index (χ1n) is 11.0. The quantitative estimate of drug-likeness (QED) is 0.614. The molecule has 3 atom stereocenters. The molecular weight excluding hydrogens is 444 g/mol. The summed E-state index contributed by atoms with van der Waals surface area (Å²) in [6.07, 6.45) is 3.36. The van der Waals surface area contributed by atoms with Crippen LogP contribution in [0.4, 0.5) is 16.2 Å². The fourth-order valence-corrected chi connectivity index (χ4v) is 4.70. The van der Waals surface area contributed by atoms with Crippen LogP contribution in [-0.4, -0.2) is 48.0 Å². The molecule has 174 valence electrons. The third kappa shape index (κ3) is 5.22. The summed E-state index contributed by atoms with van der Waals surface area (Å²) in [5.41, 5.74) is 1.08. The predicted molar refractivity (Wildman–Crippen MR) is 127 cm³/mol. The number of halogens is 1. The minimum absolute atomic E-state index is 0.115. The summed E-state index contributed by atoms with van der Waals surface area (Å²) >= 11 is 5.95. The molecule has 0 bridgehead atoms. The molecular formula is C24H27ClN4O4. The van der Waals surface area contributed by atoms with Crippen molar-refractivity contribution in [1.29, 1.82) is 0 Å².